The van der Waals surface area contributed by atoms with Crippen LogP contribution in [0.25, 0.3) is 16.7 Å². The second kappa shape index (κ2) is 27.8. The summed E-state index contributed by atoms with van der Waals surface area (Å²) in [6, 6.07) is 20.1. The molecular formula is C48H56O15. The van der Waals surface area contributed by atoms with E-state index in [0.29, 0.717) is 46.8 Å². The first-order valence-electron chi connectivity index (χ1n) is 20.6. The van der Waals surface area contributed by atoms with Crippen LogP contribution in [-0.4, -0.2) is 94.8 Å². The number of benzene rings is 3. The van der Waals surface area contributed by atoms with E-state index in [-0.39, 0.29) is 95.3 Å². The molecule has 0 saturated heterocycles. The van der Waals surface area contributed by atoms with Crippen LogP contribution in [0.15, 0.2) is 92.5 Å². The molecule has 3 rings (SSSR count). The van der Waals surface area contributed by atoms with Crippen molar-refractivity contribution in [3.63, 3.8) is 0 Å². The van der Waals surface area contributed by atoms with E-state index in [4.69, 9.17) is 42.6 Å². The molecule has 0 aliphatic carbocycles. The zero-order valence-electron chi connectivity index (χ0n) is 36.2. The summed E-state index contributed by atoms with van der Waals surface area (Å²) in [5.74, 6) is -1.72. The van der Waals surface area contributed by atoms with Gasteiger partial charge in [-0.2, -0.15) is 0 Å². The molecule has 15 heteroatoms. The fraction of sp³-hybridized carbons (Fsp3) is 0.375. The largest absolute Gasteiger partial charge is 0.494 e. The van der Waals surface area contributed by atoms with Gasteiger partial charge in [-0.25, -0.2) is 14.4 Å². The lowest BCUT2D eigenvalue weighted by Crippen LogP contribution is -2.31. The van der Waals surface area contributed by atoms with Gasteiger partial charge in [0.15, 0.2) is 6.10 Å². The van der Waals surface area contributed by atoms with Crippen LogP contribution in [0.3, 0.4) is 0 Å². The summed E-state index contributed by atoms with van der Waals surface area (Å²) in [6.07, 6.45) is -0.215. The maximum atomic E-state index is 12.8. The van der Waals surface area contributed by atoms with Gasteiger partial charge in [0.05, 0.1) is 56.4 Å². The Labute approximate surface area is 367 Å². The Hall–Kier alpha value is -6.90. The molecular weight excluding hydrogens is 817 g/mol. The van der Waals surface area contributed by atoms with Gasteiger partial charge >= 0.3 is 35.8 Å². The third-order valence-corrected chi connectivity index (χ3v) is 8.71. The van der Waals surface area contributed by atoms with Gasteiger partial charge in [0.2, 0.25) is 0 Å². The van der Waals surface area contributed by atoms with Gasteiger partial charge in [-0.05, 0) is 93.1 Å². The summed E-state index contributed by atoms with van der Waals surface area (Å²) in [7, 11) is 0. The second-order valence-electron chi connectivity index (χ2n) is 13.5. The minimum Gasteiger partial charge on any atom is -0.494 e. The molecule has 0 spiro atoms. The van der Waals surface area contributed by atoms with E-state index >= 15 is 0 Å². The van der Waals surface area contributed by atoms with Crippen LogP contribution in [0.2, 0.25) is 0 Å². The topological polar surface area (TPSA) is 185 Å². The van der Waals surface area contributed by atoms with E-state index in [0.717, 1.165) is 0 Å². The Morgan fingerprint density at radius 1 is 0.429 bits per heavy atom. The fourth-order valence-electron chi connectivity index (χ4n) is 5.36. The predicted molar refractivity (Wildman–Crippen MR) is 232 cm³/mol. The number of hydrogen-bond acceptors (Lipinski definition) is 15. The normalized spacial score (nSPS) is 10.5. The van der Waals surface area contributed by atoms with Crippen molar-refractivity contribution in [3.8, 4) is 17.2 Å². The summed E-state index contributed by atoms with van der Waals surface area (Å²) in [5, 5.41) is 0. The summed E-state index contributed by atoms with van der Waals surface area (Å²) >= 11 is 0. The number of rotatable bonds is 29. The average Bonchev–Trinajstić information content (AvgIpc) is 3.29. The SMILES string of the molecule is C=C(C(=O)OCC)c1ccc(OCCCC(=O)OCC(COC(=O)CCCOc2ccc(C(=C)C(=O)OCC)cc2)OC(=O)CCCOc2ccc(C(=C)C(=O)OCC)cc2)cc1. The van der Waals surface area contributed by atoms with Gasteiger partial charge in [-0.3, -0.25) is 14.4 Å². The van der Waals surface area contributed by atoms with Gasteiger partial charge < -0.3 is 42.6 Å². The smallest absolute Gasteiger partial charge is 0.338 e. The van der Waals surface area contributed by atoms with Gasteiger partial charge in [-0.1, -0.05) is 56.1 Å². The summed E-state index contributed by atoms with van der Waals surface area (Å²) in [5.41, 5.74) is 2.45. The van der Waals surface area contributed by atoms with Crippen LogP contribution >= 0.6 is 0 Å². The molecule has 3 aromatic carbocycles. The Balaban J connectivity index is 1.46. The molecule has 15 nitrogen and oxygen atoms in total. The molecule has 0 amide bonds. The van der Waals surface area contributed by atoms with Gasteiger partial charge in [0.1, 0.15) is 30.5 Å². The molecule has 0 heterocycles. The fourth-order valence-corrected chi connectivity index (χ4v) is 5.36. The molecule has 0 aromatic heterocycles. The highest BCUT2D eigenvalue weighted by Crippen LogP contribution is 2.22. The van der Waals surface area contributed by atoms with Crippen LogP contribution in [-0.2, 0) is 57.2 Å². The van der Waals surface area contributed by atoms with Crippen molar-refractivity contribution >= 4 is 52.5 Å². The number of esters is 6. The van der Waals surface area contributed by atoms with Crippen molar-refractivity contribution in [1.29, 1.82) is 0 Å². The van der Waals surface area contributed by atoms with Crippen LogP contribution in [0.5, 0.6) is 17.2 Å². The van der Waals surface area contributed by atoms with Crippen molar-refractivity contribution in [3.05, 3.63) is 109 Å². The Kier molecular flexibility index (Phi) is 22.3. The minimum absolute atomic E-state index is 0.00364. The maximum Gasteiger partial charge on any atom is 0.338 e. The van der Waals surface area contributed by atoms with E-state index in [1.165, 1.54) is 0 Å². The number of carbonyl (C=O) groups is 6. The molecule has 0 N–H and O–H groups in total. The number of ether oxygens (including phenoxy) is 9. The Morgan fingerprint density at radius 3 is 1.00 bits per heavy atom. The van der Waals surface area contributed by atoms with Crippen molar-refractivity contribution in [2.24, 2.45) is 0 Å². The van der Waals surface area contributed by atoms with Crippen LogP contribution in [0.4, 0.5) is 0 Å². The lowest BCUT2D eigenvalue weighted by molar-refractivity contribution is -0.167. The van der Waals surface area contributed by atoms with Crippen molar-refractivity contribution in [2.45, 2.75) is 65.4 Å². The molecule has 3 aromatic rings. The average molecular weight is 873 g/mol. The van der Waals surface area contributed by atoms with Crippen molar-refractivity contribution in [1.82, 2.24) is 0 Å². The molecule has 0 unspecified atom stereocenters. The van der Waals surface area contributed by atoms with E-state index in [1.54, 1.807) is 93.6 Å². The van der Waals surface area contributed by atoms with E-state index in [1.807, 2.05) is 0 Å². The summed E-state index contributed by atoms with van der Waals surface area (Å²) in [4.78, 5) is 73.9. The lowest BCUT2D eigenvalue weighted by Gasteiger charge is -2.18. The number of carbonyl (C=O) groups excluding carboxylic acids is 6. The lowest BCUT2D eigenvalue weighted by atomic mass is 10.1. The molecule has 338 valence electrons. The van der Waals surface area contributed by atoms with Crippen LogP contribution < -0.4 is 14.2 Å². The molecule has 0 aliphatic heterocycles. The molecule has 0 bridgehead atoms. The van der Waals surface area contributed by atoms with Gasteiger partial charge in [0.25, 0.3) is 0 Å². The quantitative estimate of drug-likeness (QED) is 0.0293. The standard InChI is InChI=1S/C48H56O15/c1-7-55-46(52)33(4)36-16-22-39(23-17-36)58-28-10-13-43(49)61-31-42(63-45(51)15-12-30-60-41-26-20-38(21-27-41)35(6)48(54)57-9-3)32-62-44(50)14-11-29-59-40-24-18-37(19-25-40)34(5)47(53)56-8-2/h16-27,42H,4-15,28-32H2,1-3H3. The monoisotopic (exact) mass is 872 g/mol. The van der Waals surface area contributed by atoms with E-state index < -0.39 is 41.9 Å². The molecule has 63 heavy (non-hydrogen) atoms. The van der Waals surface area contributed by atoms with E-state index in [9.17, 15) is 28.8 Å². The minimum atomic E-state index is -1.08. The highest BCUT2D eigenvalue weighted by molar-refractivity contribution is 6.16. The number of hydrogen-bond donors (Lipinski definition) is 0. The zero-order chi connectivity index (χ0) is 46.0. The van der Waals surface area contributed by atoms with Gasteiger partial charge in [0, 0.05) is 19.3 Å². The first kappa shape index (κ1) is 50.5. The first-order valence-corrected chi connectivity index (χ1v) is 20.6. The van der Waals surface area contributed by atoms with Gasteiger partial charge in [-0.15, -0.1) is 0 Å². The highest BCUT2D eigenvalue weighted by atomic mass is 16.6. The highest BCUT2D eigenvalue weighted by Gasteiger charge is 2.20. The summed E-state index contributed by atoms with van der Waals surface area (Å²) < 4.78 is 48.4. The second-order valence-corrected chi connectivity index (χ2v) is 13.5. The van der Waals surface area contributed by atoms with Crippen LogP contribution in [0, 0.1) is 0 Å². The Morgan fingerprint density at radius 2 is 0.714 bits per heavy atom. The molecule has 0 atom stereocenters. The first-order chi connectivity index (χ1) is 30.3. The molecule has 0 saturated carbocycles. The van der Waals surface area contributed by atoms with Crippen LogP contribution in [0.1, 0.15) is 76.0 Å². The third kappa shape index (κ3) is 18.7. The molecule has 0 radical (unpaired) electrons. The van der Waals surface area contributed by atoms with E-state index in [2.05, 4.69) is 19.7 Å². The predicted octanol–water partition coefficient (Wildman–Crippen LogP) is 7.29. The third-order valence-electron chi connectivity index (χ3n) is 8.71. The van der Waals surface area contributed by atoms with Crippen molar-refractivity contribution < 1.29 is 71.4 Å². The van der Waals surface area contributed by atoms with Crippen molar-refractivity contribution in [2.75, 3.05) is 52.9 Å². The summed E-state index contributed by atoms with van der Waals surface area (Å²) in [6.45, 7) is 17.0. The zero-order valence-corrected chi connectivity index (χ0v) is 36.2. The Bertz CT molecular complexity index is 1900. The molecule has 0 fully saturated rings. The molecule has 0 aliphatic rings. The maximum absolute atomic E-state index is 12.8.